The molecule has 4 aliphatic rings. The average molecular weight is 538 g/mol. The number of benzene rings is 1. The number of Topliss-reactive ketones (excluding diaryl/α,β-unsaturated/α-hetero) is 4. The monoisotopic (exact) mass is 537 g/mol. The van der Waals surface area contributed by atoms with E-state index < -0.39 is 64.4 Å². The van der Waals surface area contributed by atoms with Crippen LogP contribution in [0.15, 0.2) is 18.2 Å². The number of hydrogen-bond donors (Lipinski definition) is 3. The maximum absolute atomic E-state index is 14.0. The van der Waals surface area contributed by atoms with E-state index in [-0.39, 0.29) is 24.2 Å². The quantitative estimate of drug-likeness (QED) is 0.352. The standard InChI is InChI=1S/C29H35N3O7/c1-4-14-10-16(13-32-8-6-5-7-9-32)23(33)20-17(14)11-15-12-18-22(31(2)3)25(35)21(28(30)38)27(37)29(18,39)26(36)19(15)24(20)34/h5-6,10,15,18-19,21-22,33,39H,4,7-9,11-13H2,1-3H3,(H2,30,38)/t15-,18-,19?,21?,22+,29-/m0/s1. The first kappa shape index (κ1) is 27.4. The Hall–Kier alpha value is -3.21. The van der Waals surface area contributed by atoms with E-state index in [2.05, 4.69) is 17.1 Å². The summed E-state index contributed by atoms with van der Waals surface area (Å²) in [5, 5.41) is 23.0. The zero-order valence-electron chi connectivity index (χ0n) is 22.5. The zero-order chi connectivity index (χ0) is 28.4. The van der Waals surface area contributed by atoms with Crippen LogP contribution in [0.1, 0.15) is 46.8 Å². The van der Waals surface area contributed by atoms with Crippen molar-refractivity contribution in [2.75, 3.05) is 27.2 Å². The summed E-state index contributed by atoms with van der Waals surface area (Å²) in [5.74, 6) is -10.1. The van der Waals surface area contributed by atoms with Gasteiger partial charge in [0.1, 0.15) is 5.75 Å². The highest BCUT2D eigenvalue weighted by molar-refractivity contribution is 6.32. The Balaban J connectivity index is 1.60. The second kappa shape index (κ2) is 9.76. The molecule has 2 saturated carbocycles. The van der Waals surface area contributed by atoms with Gasteiger partial charge in [0.15, 0.2) is 34.7 Å². The van der Waals surface area contributed by atoms with Crippen molar-refractivity contribution in [1.82, 2.24) is 9.80 Å². The van der Waals surface area contributed by atoms with Gasteiger partial charge < -0.3 is 15.9 Å². The van der Waals surface area contributed by atoms with E-state index in [0.717, 1.165) is 25.1 Å². The summed E-state index contributed by atoms with van der Waals surface area (Å²) in [6, 6.07) is 0.820. The first-order valence-electron chi connectivity index (χ1n) is 13.5. The Kier molecular flexibility index (Phi) is 6.85. The third-order valence-electron chi connectivity index (χ3n) is 9.15. The number of carbonyl (C=O) groups is 5. The lowest BCUT2D eigenvalue weighted by molar-refractivity contribution is -0.181. The first-order valence-corrected chi connectivity index (χ1v) is 13.5. The summed E-state index contributed by atoms with van der Waals surface area (Å²) >= 11 is 0. The van der Waals surface area contributed by atoms with E-state index in [0.29, 0.717) is 24.1 Å². The highest BCUT2D eigenvalue weighted by Crippen LogP contribution is 2.51. The number of aliphatic hydroxyl groups is 1. The summed E-state index contributed by atoms with van der Waals surface area (Å²) in [4.78, 5) is 70.4. The lowest BCUT2D eigenvalue weighted by Gasteiger charge is -2.52. The van der Waals surface area contributed by atoms with Gasteiger partial charge in [-0.3, -0.25) is 33.8 Å². The summed E-state index contributed by atoms with van der Waals surface area (Å²) in [5.41, 5.74) is 4.90. The molecule has 4 N–H and O–H groups in total. The minimum absolute atomic E-state index is 0.0513. The molecule has 1 aromatic carbocycles. The molecular formula is C29H35N3O7. The van der Waals surface area contributed by atoms with E-state index >= 15 is 0 Å². The SMILES string of the molecule is CCc1cc(CN2CC=CCC2)c(O)c2c1C[C@H]1C[C@H]3[C@@H](N(C)C)C(=O)C(C(N)=O)C(=O)[C@@]3(O)C(=O)C1C2=O. The van der Waals surface area contributed by atoms with E-state index in [4.69, 9.17) is 5.73 Å². The van der Waals surface area contributed by atoms with Gasteiger partial charge >= 0.3 is 0 Å². The molecule has 39 heavy (non-hydrogen) atoms. The maximum atomic E-state index is 14.0. The number of aromatic hydroxyl groups is 1. The Morgan fingerprint density at radius 2 is 1.87 bits per heavy atom. The third-order valence-corrected chi connectivity index (χ3v) is 9.15. The van der Waals surface area contributed by atoms with E-state index in [1.807, 2.05) is 13.0 Å². The molecule has 1 aliphatic heterocycles. The van der Waals surface area contributed by atoms with Crippen molar-refractivity contribution in [2.45, 2.75) is 50.8 Å². The van der Waals surface area contributed by atoms with Crippen LogP contribution >= 0.6 is 0 Å². The fraction of sp³-hybridized carbons (Fsp3) is 0.552. The van der Waals surface area contributed by atoms with Crippen molar-refractivity contribution < 1.29 is 34.2 Å². The van der Waals surface area contributed by atoms with Crippen LogP contribution in [-0.4, -0.2) is 87.9 Å². The predicted octanol–water partition coefficient (Wildman–Crippen LogP) is 0.191. The molecule has 0 radical (unpaired) electrons. The largest absolute Gasteiger partial charge is 0.507 e. The number of primary amides is 1. The molecule has 1 amide bonds. The Labute approximate surface area is 226 Å². The summed E-state index contributed by atoms with van der Waals surface area (Å²) < 4.78 is 0. The number of phenolic OH excluding ortho intramolecular Hbond substituents is 1. The molecule has 3 aliphatic carbocycles. The number of fused-ring (bicyclic) bond motifs is 3. The van der Waals surface area contributed by atoms with Gasteiger partial charge in [0.05, 0.1) is 17.5 Å². The van der Waals surface area contributed by atoms with Gasteiger partial charge in [0.25, 0.3) is 0 Å². The van der Waals surface area contributed by atoms with Crippen LogP contribution in [0, 0.1) is 23.7 Å². The van der Waals surface area contributed by atoms with Gasteiger partial charge in [-0.2, -0.15) is 0 Å². The van der Waals surface area contributed by atoms with E-state index in [9.17, 15) is 34.2 Å². The lowest BCUT2D eigenvalue weighted by atomic mass is 9.52. The summed E-state index contributed by atoms with van der Waals surface area (Å²) in [6.45, 7) is 3.93. The number of nitrogens with two attached hydrogens (primary N) is 1. The molecule has 0 saturated heterocycles. The number of aryl methyl sites for hydroxylation is 1. The van der Waals surface area contributed by atoms with Crippen LogP contribution in [0.2, 0.25) is 0 Å². The Bertz CT molecular complexity index is 1320. The molecule has 0 spiro atoms. The molecule has 5 rings (SSSR count). The van der Waals surface area contributed by atoms with Crippen LogP contribution in [0.25, 0.3) is 0 Å². The van der Waals surface area contributed by atoms with Crippen molar-refractivity contribution in [3.05, 3.63) is 40.5 Å². The normalized spacial score (nSPS) is 32.7. The smallest absolute Gasteiger partial charge is 0.235 e. The van der Waals surface area contributed by atoms with Gasteiger partial charge in [0.2, 0.25) is 5.91 Å². The molecule has 1 aromatic rings. The number of nitrogens with zero attached hydrogens (tertiary/aromatic N) is 2. The van der Waals surface area contributed by atoms with Crippen molar-refractivity contribution in [2.24, 2.45) is 29.4 Å². The molecule has 0 bridgehead atoms. The van der Waals surface area contributed by atoms with Crippen LogP contribution in [0.3, 0.4) is 0 Å². The topological polar surface area (TPSA) is 158 Å². The molecule has 0 aromatic heterocycles. The highest BCUT2D eigenvalue weighted by atomic mass is 16.3. The number of phenols is 1. The van der Waals surface area contributed by atoms with Gasteiger partial charge in [-0.25, -0.2) is 0 Å². The molecule has 10 heteroatoms. The minimum Gasteiger partial charge on any atom is -0.507 e. The molecule has 10 nitrogen and oxygen atoms in total. The Morgan fingerprint density at radius 1 is 1.15 bits per heavy atom. The van der Waals surface area contributed by atoms with Crippen molar-refractivity contribution in [3.63, 3.8) is 0 Å². The van der Waals surface area contributed by atoms with Crippen molar-refractivity contribution in [3.8, 4) is 5.75 Å². The Morgan fingerprint density at radius 3 is 2.46 bits per heavy atom. The van der Waals surface area contributed by atoms with Gasteiger partial charge in [-0.05, 0) is 56.8 Å². The maximum Gasteiger partial charge on any atom is 0.235 e. The number of ketones is 4. The summed E-state index contributed by atoms with van der Waals surface area (Å²) in [7, 11) is 3.14. The van der Waals surface area contributed by atoms with E-state index in [1.165, 1.54) is 4.90 Å². The highest BCUT2D eigenvalue weighted by Gasteiger charge is 2.69. The molecule has 208 valence electrons. The summed E-state index contributed by atoms with van der Waals surface area (Å²) in [6.07, 6.45) is 5.99. The fourth-order valence-corrected chi connectivity index (χ4v) is 7.32. The van der Waals surface area contributed by atoms with Crippen LogP contribution in [0.4, 0.5) is 0 Å². The van der Waals surface area contributed by atoms with Crippen molar-refractivity contribution in [1.29, 1.82) is 0 Å². The molecular weight excluding hydrogens is 502 g/mol. The number of rotatable bonds is 5. The number of hydrogen-bond acceptors (Lipinski definition) is 9. The van der Waals surface area contributed by atoms with Gasteiger partial charge in [0, 0.05) is 31.1 Å². The first-order chi connectivity index (χ1) is 18.4. The zero-order valence-corrected chi connectivity index (χ0v) is 22.5. The molecule has 6 atom stereocenters. The second-order valence-electron chi connectivity index (χ2n) is 11.5. The molecule has 1 heterocycles. The van der Waals surface area contributed by atoms with Gasteiger partial charge in [-0.1, -0.05) is 25.1 Å². The lowest BCUT2D eigenvalue weighted by Crippen LogP contribution is -2.74. The minimum atomic E-state index is -2.71. The average Bonchev–Trinajstić information content (AvgIpc) is 2.88. The van der Waals surface area contributed by atoms with Crippen LogP contribution in [0.5, 0.6) is 5.75 Å². The fourth-order valence-electron chi connectivity index (χ4n) is 7.32. The van der Waals surface area contributed by atoms with Crippen LogP contribution < -0.4 is 5.73 Å². The van der Waals surface area contributed by atoms with Gasteiger partial charge in [-0.15, -0.1) is 0 Å². The molecule has 2 fully saturated rings. The van der Waals surface area contributed by atoms with Crippen molar-refractivity contribution >= 4 is 29.0 Å². The second-order valence-corrected chi connectivity index (χ2v) is 11.5. The number of amides is 1. The van der Waals surface area contributed by atoms with Crippen LogP contribution in [-0.2, 0) is 38.6 Å². The predicted molar refractivity (Wildman–Crippen MR) is 140 cm³/mol. The number of likely N-dealkylation sites (N-methyl/N-ethyl adjacent to an activating group) is 1. The van der Waals surface area contributed by atoms with E-state index in [1.54, 1.807) is 14.1 Å². The third kappa shape index (κ3) is 3.99. The number of carbonyl (C=O) groups excluding carboxylic acids is 5. The molecule has 2 unspecified atom stereocenters.